The Balaban J connectivity index is 1.08. The third-order valence-electron chi connectivity index (χ3n) is 15.7. The molecule has 0 aromatic carbocycles. The lowest BCUT2D eigenvalue weighted by Gasteiger charge is -2.51. The standard InChI is InChI=1S/C50H74O14/c1-27-13-12-16-34-26-57-47-42(51)30(4)21-37(50(34,47)54)48(53)60-36-22-35(63-49(25-36)20-19-29(3)45(64-49)33-14-10-9-11-15-33)18-17-28(2)44(27)61-41-24-39(56-8)46(32(6)59-41)62-40-23-38(55-7)43(52)31(5)58-40/h12-13,16-17,21,27,29,31-33,35-41,43-47,52,54H,9-11,14-15,18-20,22-26H2,1-8H3/b13-12-,28-17-,34-16?/t27-,29-,31-,32-,35+,36-,37-,38-,39-,40-,41-,43-,44-,45-,46-,47+,49+,50+/m0/s1. The number of methoxy groups -OCH3 is 2. The number of fused-ring (bicyclic) bond motifs is 2. The van der Waals surface area contributed by atoms with Crippen LogP contribution in [0.4, 0.5) is 0 Å². The molecule has 8 rings (SSSR count). The third kappa shape index (κ3) is 9.81. The predicted molar refractivity (Wildman–Crippen MR) is 234 cm³/mol. The molecule has 6 heterocycles. The van der Waals surface area contributed by atoms with Crippen molar-refractivity contribution in [2.24, 2.45) is 23.7 Å². The topological polar surface area (TPSA) is 167 Å². The van der Waals surface area contributed by atoms with E-state index in [0.717, 1.165) is 24.8 Å². The number of hydrogen-bond acceptors (Lipinski definition) is 14. The van der Waals surface area contributed by atoms with Crippen LogP contribution in [0.25, 0.3) is 0 Å². The highest BCUT2D eigenvalue weighted by Crippen LogP contribution is 2.48. The lowest BCUT2D eigenvalue weighted by Crippen LogP contribution is -2.57. The van der Waals surface area contributed by atoms with Gasteiger partial charge in [-0.05, 0) is 81.9 Å². The Bertz CT molecular complexity index is 1790. The minimum atomic E-state index is -1.92. The molecule has 6 fully saturated rings. The molecule has 2 aliphatic carbocycles. The van der Waals surface area contributed by atoms with Crippen molar-refractivity contribution in [3.63, 3.8) is 0 Å². The first-order valence-corrected chi connectivity index (χ1v) is 24.2. The summed E-state index contributed by atoms with van der Waals surface area (Å²) in [5, 5.41) is 23.0. The zero-order valence-electron chi connectivity index (χ0n) is 39.2. The molecule has 2 bridgehead atoms. The normalized spacial score (nSPS) is 47.5. The lowest BCUT2D eigenvalue weighted by molar-refractivity contribution is -0.342. The van der Waals surface area contributed by atoms with Crippen molar-refractivity contribution in [1.82, 2.24) is 0 Å². The van der Waals surface area contributed by atoms with Crippen LogP contribution in [0.1, 0.15) is 119 Å². The molecule has 1 spiro atoms. The van der Waals surface area contributed by atoms with E-state index in [4.69, 9.17) is 47.4 Å². The summed E-state index contributed by atoms with van der Waals surface area (Å²) < 4.78 is 64.2. The summed E-state index contributed by atoms with van der Waals surface area (Å²) in [7, 11) is 3.23. The molecule has 0 aromatic rings. The summed E-state index contributed by atoms with van der Waals surface area (Å²) in [6.45, 7) is 11.8. The summed E-state index contributed by atoms with van der Waals surface area (Å²) in [6, 6.07) is 0. The van der Waals surface area contributed by atoms with Crippen LogP contribution >= 0.6 is 0 Å². The quantitative estimate of drug-likeness (QED) is 0.215. The van der Waals surface area contributed by atoms with Crippen LogP contribution in [0.5, 0.6) is 0 Å². The van der Waals surface area contributed by atoms with Gasteiger partial charge in [0.2, 0.25) is 0 Å². The maximum atomic E-state index is 14.4. The summed E-state index contributed by atoms with van der Waals surface area (Å²) in [5.41, 5.74) is -0.146. The van der Waals surface area contributed by atoms with Crippen molar-refractivity contribution in [2.45, 2.75) is 210 Å². The Morgan fingerprint density at radius 3 is 2.31 bits per heavy atom. The number of rotatable bonds is 7. The average Bonchev–Trinajstić information content (AvgIpc) is 3.62. The maximum Gasteiger partial charge on any atom is 0.316 e. The Kier molecular flexibility index (Phi) is 15.1. The van der Waals surface area contributed by atoms with Crippen LogP contribution in [0, 0.1) is 23.7 Å². The van der Waals surface area contributed by atoms with Gasteiger partial charge < -0.3 is 57.6 Å². The number of Topliss-reactive ketones (excluding diaryl/α,β-unsaturated/α-hetero) is 1. The molecular formula is C50H74O14. The van der Waals surface area contributed by atoms with Gasteiger partial charge >= 0.3 is 5.97 Å². The van der Waals surface area contributed by atoms with Gasteiger partial charge in [-0.1, -0.05) is 63.5 Å². The van der Waals surface area contributed by atoms with E-state index >= 15 is 0 Å². The highest BCUT2D eigenvalue weighted by atomic mass is 16.7. The molecule has 14 nitrogen and oxygen atoms in total. The van der Waals surface area contributed by atoms with E-state index in [1.807, 2.05) is 19.1 Å². The smallest absolute Gasteiger partial charge is 0.316 e. The lowest BCUT2D eigenvalue weighted by atomic mass is 9.71. The largest absolute Gasteiger partial charge is 0.462 e. The number of aliphatic hydroxyl groups excluding tert-OH is 1. The number of aliphatic hydroxyl groups is 2. The highest BCUT2D eigenvalue weighted by molar-refractivity contribution is 6.03. The molecule has 18 atom stereocenters. The third-order valence-corrected chi connectivity index (χ3v) is 15.7. The first-order valence-electron chi connectivity index (χ1n) is 24.2. The molecule has 8 aliphatic rings. The molecule has 64 heavy (non-hydrogen) atoms. The van der Waals surface area contributed by atoms with Crippen LogP contribution in [0.3, 0.4) is 0 Å². The van der Waals surface area contributed by atoms with E-state index in [1.165, 1.54) is 19.3 Å². The Hall–Kier alpha value is -2.34. The van der Waals surface area contributed by atoms with Crippen LogP contribution in [-0.4, -0.2) is 134 Å². The molecule has 0 amide bonds. The molecular weight excluding hydrogens is 825 g/mol. The SMILES string of the molecule is CO[C@H]1C[C@H](O[C@H]2[C@H](C)O[C@@H](O[C@@H]3/C(C)=C\C[C@@H]4C[C@@H](C[C@]5(CC[C@H](C)[C@@H](C6CCCCC6)O5)O4)OC(=O)[C@@H]4C=C(C)C(=O)[C@H]5OCC(=C/C=C\[C@@H]3C)[C@]54O)C[C@@H]2OC)O[C@@H](C)[C@@H]1O. The Morgan fingerprint density at radius 2 is 1.56 bits per heavy atom. The van der Waals surface area contributed by atoms with Crippen molar-refractivity contribution >= 4 is 11.8 Å². The van der Waals surface area contributed by atoms with Crippen LogP contribution in [0.15, 0.2) is 47.1 Å². The van der Waals surface area contributed by atoms with E-state index in [2.05, 4.69) is 26.8 Å². The first-order chi connectivity index (χ1) is 30.6. The van der Waals surface area contributed by atoms with Crippen molar-refractivity contribution in [1.29, 1.82) is 0 Å². The summed E-state index contributed by atoms with van der Waals surface area (Å²) in [6.07, 6.45) is 12.3. The molecule has 6 aliphatic heterocycles. The van der Waals surface area contributed by atoms with Gasteiger partial charge in [-0.25, -0.2) is 0 Å². The minimum absolute atomic E-state index is 0.0145. The second kappa shape index (κ2) is 20.1. The number of hydrogen-bond donors (Lipinski definition) is 2. The molecule has 0 aromatic heterocycles. The van der Waals surface area contributed by atoms with E-state index in [0.29, 0.717) is 61.5 Å². The van der Waals surface area contributed by atoms with Gasteiger partial charge in [0.05, 0.1) is 49.3 Å². The molecule has 0 radical (unpaired) electrons. The van der Waals surface area contributed by atoms with Crippen LogP contribution in [-0.2, 0) is 57.0 Å². The van der Waals surface area contributed by atoms with E-state index in [1.54, 1.807) is 40.2 Å². The zero-order valence-corrected chi connectivity index (χ0v) is 39.2. The molecule has 5 saturated heterocycles. The predicted octanol–water partition coefficient (Wildman–Crippen LogP) is 6.34. The molecule has 2 N–H and O–H groups in total. The zero-order chi connectivity index (χ0) is 45.5. The first kappa shape index (κ1) is 48.1. The van der Waals surface area contributed by atoms with Crippen molar-refractivity contribution in [2.75, 3.05) is 20.8 Å². The van der Waals surface area contributed by atoms with Crippen molar-refractivity contribution in [3.8, 4) is 0 Å². The number of carbonyl (C=O) groups is 2. The van der Waals surface area contributed by atoms with E-state index < -0.39 is 84.7 Å². The monoisotopic (exact) mass is 899 g/mol. The van der Waals surface area contributed by atoms with Gasteiger partial charge in [0.1, 0.15) is 29.8 Å². The van der Waals surface area contributed by atoms with Gasteiger partial charge in [-0.2, -0.15) is 0 Å². The number of allylic oxidation sites excluding steroid dienone is 2. The fourth-order valence-electron chi connectivity index (χ4n) is 11.9. The van der Waals surface area contributed by atoms with Crippen LogP contribution in [0.2, 0.25) is 0 Å². The van der Waals surface area contributed by atoms with Crippen molar-refractivity contribution in [3.05, 3.63) is 47.1 Å². The van der Waals surface area contributed by atoms with E-state index in [9.17, 15) is 19.8 Å². The van der Waals surface area contributed by atoms with Gasteiger partial charge in [0.25, 0.3) is 0 Å². The number of ketones is 1. The van der Waals surface area contributed by atoms with Gasteiger partial charge in [-0.3, -0.25) is 9.59 Å². The highest BCUT2D eigenvalue weighted by Gasteiger charge is 2.60. The van der Waals surface area contributed by atoms with E-state index in [-0.39, 0.29) is 36.6 Å². The molecule has 358 valence electrons. The van der Waals surface area contributed by atoms with Crippen molar-refractivity contribution < 1.29 is 67.2 Å². The number of esters is 1. The Morgan fingerprint density at radius 1 is 0.844 bits per heavy atom. The molecule has 14 heteroatoms. The minimum Gasteiger partial charge on any atom is -0.462 e. The fourth-order valence-corrected chi connectivity index (χ4v) is 11.9. The number of carbonyl (C=O) groups excluding carboxylic acids is 2. The summed E-state index contributed by atoms with van der Waals surface area (Å²) >= 11 is 0. The Labute approximate surface area is 379 Å². The van der Waals surface area contributed by atoms with Gasteiger partial charge in [-0.15, -0.1) is 0 Å². The second-order valence-electron chi connectivity index (χ2n) is 20.2. The maximum absolute atomic E-state index is 14.4. The fraction of sp³-hybridized carbons (Fsp3) is 0.800. The van der Waals surface area contributed by atoms with Gasteiger partial charge in [0.15, 0.2) is 30.3 Å². The molecule has 0 unspecified atom stereocenters. The molecule has 1 saturated carbocycles. The van der Waals surface area contributed by atoms with Gasteiger partial charge in [0, 0.05) is 52.2 Å². The second-order valence-corrected chi connectivity index (χ2v) is 20.2. The average molecular weight is 899 g/mol. The van der Waals surface area contributed by atoms with Crippen LogP contribution < -0.4 is 0 Å². The summed E-state index contributed by atoms with van der Waals surface area (Å²) in [5.74, 6) is -2.35. The summed E-state index contributed by atoms with van der Waals surface area (Å²) in [4.78, 5) is 27.9. The number of ether oxygens (including phenoxy) is 10.